The van der Waals surface area contributed by atoms with Gasteiger partial charge >= 0.3 is 0 Å². The number of fused-ring (bicyclic) bond motifs is 2. The van der Waals surface area contributed by atoms with Crippen LogP contribution in [-0.2, 0) is 14.8 Å². The maximum absolute atomic E-state index is 13.4. The molecule has 144 valence electrons. The van der Waals surface area contributed by atoms with Crippen molar-refractivity contribution < 1.29 is 22.0 Å². The number of carbonyl (C=O) groups is 1. The van der Waals surface area contributed by atoms with Crippen LogP contribution < -0.4 is 9.62 Å². The van der Waals surface area contributed by atoms with Crippen LogP contribution in [0.3, 0.4) is 0 Å². The fourth-order valence-electron chi connectivity index (χ4n) is 4.21. The molecular weight excluding hydrogens is 362 g/mol. The maximum Gasteiger partial charge on any atom is 0.232 e. The van der Waals surface area contributed by atoms with Gasteiger partial charge in [-0.25, -0.2) is 17.2 Å². The Labute approximate surface area is 152 Å². The highest BCUT2D eigenvalue weighted by Gasteiger charge is 2.39. The second kappa shape index (κ2) is 7.50. The van der Waals surface area contributed by atoms with E-state index in [1.165, 1.54) is 25.3 Å². The number of carbonyl (C=O) groups excluding carboxylic acids is 1. The van der Waals surface area contributed by atoms with Crippen molar-refractivity contribution in [3.8, 4) is 0 Å². The highest BCUT2D eigenvalue weighted by Crippen LogP contribution is 2.44. The summed E-state index contributed by atoms with van der Waals surface area (Å²) in [4.78, 5) is 12.2. The van der Waals surface area contributed by atoms with Crippen LogP contribution in [0.15, 0.2) is 18.2 Å². The third-order valence-corrected chi connectivity index (χ3v) is 6.64. The molecule has 2 aliphatic rings. The van der Waals surface area contributed by atoms with E-state index >= 15 is 0 Å². The SMILES string of the molecule is CS(=O)(=O)N(CCCC(=O)NC1CC2CCC1C2)c1ccc(F)c(F)c1. The molecule has 0 aliphatic heterocycles. The average molecular weight is 386 g/mol. The van der Waals surface area contributed by atoms with Crippen LogP contribution >= 0.6 is 0 Å². The van der Waals surface area contributed by atoms with E-state index in [0.717, 1.165) is 35.0 Å². The van der Waals surface area contributed by atoms with Crippen LogP contribution in [0.2, 0.25) is 0 Å². The first-order valence-electron chi connectivity index (χ1n) is 8.96. The van der Waals surface area contributed by atoms with Crippen molar-refractivity contribution in [3.63, 3.8) is 0 Å². The Bertz CT molecular complexity index is 785. The van der Waals surface area contributed by atoms with Crippen molar-refractivity contribution >= 4 is 21.6 Å². The van der Waals surface area contributed by atoms with Gasteiger partial charge in [0.15, 0.2) is 11.6 Å². The van der Waals surface area contributed by atoms with Gasteiger partial charge < -0.3 is 5.32 Å². The van der Waals surface area contributed by atoms with E-state index in [-0.39, 0.29) is 30.6 Å². The number of anilines is 1. The number of hydrogen-bond acceptors (Lipinski definition) is 3. The standard InChI is InChI=1S/C18H24F2N2O3S/c1-26(24,25)22(14-6-7-15(19)16(20)11-14)8-2-3-18(23)21-17-10-12-4-5-13(17)9-12/h6-7,11-13,17H,2-5,8-10H2,1H3,(H,21,23). The molecule has 2 fully saturated rings. The largest absolute Gasteiger partial charge is 0.353 e. The second-order valence-corrected chi connectivity index (χ2v) is 9.29. The molecule has 0 heterocycles. The van der Waals surface area contributed by atoms with Crippen molar-refractivity contribution in [2.45, 2.75) is 44.6 Å². The molecule has 0 spiro atoms. The molecule has 3 atom stereocenters. The topological polar surface area (TPSA) is 66.5 Å². The highest BCUT2D eigenvalue weighted by molar-refractivity contribution is 7.92. The molecule has 2 saturated carbocycles. The van der Waals surface area contributed by atoms with Gasteiger partial charge in [-0.05, 0) is 49.7 Å². The molecule has 8 heteroatoms. The van der Waals surface area contributed by atoms with Gasteiger partial charge in [0, 0.05) is 25.1 Å². The Kier molecular flexibility index (Phi) is 5.50. The molecule has 1 N–H and O–H groups in total. The molecule has 1 aromatic carbocycles. The molecule has 1 amide bonds. The van der Waals surface area contributed by atoms with Gasteiger partial charge in [0.2, 0.25) is 15.9 Å². The van der Waals surface area contributed by atoms with E-state index in [0.29, 0.717) is 12.3 Å². The number of amides is 1. The summed E-state index contributed by atoms with van der Waals surface area (Å²) in [5, 5.41) is 3.06. The van der Waals surface area contributed by atoms with Gasteiger partial charge in [-0.15, -0.1) is 0 Å². The van der Waals surface area contributed by atoms with Crippen molar-refractivity contribution in [2.75, 3.05) is 17.1 Å². The summed E-state index contributed by atoms with van der Waals surface area (Å²) in [5.74, 6) is -0.906. The van der Waals surface area contributed by atoms with Gasteiger partial charge in [0.1, 0.15) is 0 Å². The maximum atomic E-state index is 13.4. The van der Waals surface area contributed by atoms with Crippen LogP contribution in [0.25, 0.3) is 0 Å². The number of benzene rings is 1. The zero-order valence-electron chi connectivity index (χ0n) is 14.7. The highest BCUT2D eigenvalue weighted by atomic mass is 32.2. The summed E-state index contributed by atoms with van der Waals surface area (Å²) in [7, 11) is -3.66. The summed E-state index contributed by atoms with van der Waals surface area (Å²) in [6.07, 6.45) is 6.18. The first kappa shape index (κ1) is 19.1. The Morgan fingerprint density at radius 2 is 2.00 bits per heavy atom. The minimum Gasteiger partial charge on any atom is -0.353 e. The quantitative estimate of drug-likeness (QED) is 0.784. The van der Waals surface area contributed by atoms with Gasteiger partial charge in [0.05, 0.1) is 11.9 Å². The van der Waals surface area contributed by atoms with Crippen molar-refractivity contribution in [1.82, 2.24) is 5.32 Å². The summed E-state index contributed by atoms with van der Waals surface area (Å²) in [6, 6.07) is 3.21. The van der Waals surface area contributed by atoms with Crippen molar-refractivity contribution in [1.29, 1.82) is 0 Å². The van der Waals surface area contributed by atoms with E-state index < -0.39 is 21.7 Å². The number of rotatable bonds is 7. The normalized spacial score (nSPS) is 24.7. The van der Waals surface area contributed by atoms with E-state index in [2.05, 4.69) is 5.32 Å². The number of nitrogens with zero attached hydrogens (tertiary/aromatic N) is 1. The molecular formula is C18H24F2N2O3S. The van der Waals surface area contributed by atoms with E-state index in [1.807, 2.05) is 0 Å². The van der Waals surface area contributed by atoms with Crippen LogP contribution in [0.1, 0.15) is 38.5 Å². The van der Waals surface area contributed by atoms with Gasteiger partial charge in [-0.1, -0.05) is 6.42 Å². The fraction of sp³-hybridized carbons (Fsp3) is 0.611. The zero-order valence-corrected chi connectivity index (χ0v) is 15.6. The summed E-state index contributed by atoms with van der Waals surface area (Å²) in [5.41, 5.74) is 0.0555. The van der Waals surface area contributed by atoms with Crippen LogP contribution in [-0.4, -0.2) is 33.2 Å². The average Bonchev–Trinajstić information content (AvgIpc) is 3.16. The number of hydrogen-bond donors (Lipinski definition) is 1. The molecule has 3 rings (SSSR count). The molecule has 0 aromatic heterocycles. The van der Waals surface area contributed by atoms with Gasteiger partial charge in [-0.2, -0.15) is 0 Å². The minimum atomic E-state index is -3.66. The van der Waals surface area contributed by atoms with Gasteiger partial charge in [0.25, 0.3) is 0 Å². The lowest BCUT2D eigenvalue weighted by molar-refractivity contribution is -0.122. The molecule has 0 saturated heterocycles. The Balaban J connectivity index is 1.54. The summed E-state index contributed by atoms with van der Waals surface area (Å²) >= 11 is 0. The summed E-state index contributed by atoms with van der Waals surface area (Å²) in [6.45, 7) is 0.0358. The lowest BCUT2D eigenvalue weighted by atomic mass is 9.95. The monoisotopic (exact) mass is 386 g/mol. The molecule has 1 aromatic rings. The Morgan fingerprint density at radius 3 is 2.58 bits per heavy atom. The number of nitrogens with one attached hydrogen (secondary N) is 1. The smallest absolute Gasteiger partial charge is 0.232 e. The van der Waals surface area contributed by atoms with Crippen molar-refractivity contribution in [2.24, 2.45) is 11.8 Å². The molecule has 2 aliphatic carbocycles. The molecule has 3 unspecified atom stereocenters. The third kappa shape index (κ3) is 4.34. The van der Waals surface area contributed by atoms with Crippen molar-refractivity contribution in [3.05, 3.63) is 29.8 Å². The molecule has 0 radical (unpaired) electrons. The van der Waals surface area contributed by atoms with E-state index in [9.17, 15) is 22.0 Å². The third-order valence-electron chi connectivity index (χ3n) is 5.44. The first-order chi connectivity index (χ1) is 12.2. The number of sulfonamides is 1. The Hall–Kier alpha value is -1.70. The lowest BCUT2D eigenvalue weighted by Gasteiger charge is -2.24. The minimum absolute atomic E-state index is 0.0358. The van der Waals surface area contributed by atoms with Gasteiger partial charge in [-0.3, -0.25) is 9.10 Å². The second-order valence-electron chi connectivity index (χ2n) is 7.39. The fourth-order valence-corrected chi connectivity index (χ4v) is 5.17. The number of halogens is 2. The van der Waals surface area contributed by atoms with Crippen LogP contribution in [0.4, 0.5) is 14.5 Å². The first-order valence-corrected chi connectivity index (χ1v) is 10.8. The molecule has 26 heavy (non-hydrogen) atoms. The predicted molar refractivity (Wildman–Crippen MR) is 95.2 cm³/mol. The van der Waals surface area contributed by atoms with Crippen LogP contribution in [0.5, 0.6) is 0 Å². The molecule has 5 nitrogen and oxygen atoms in total. The van der Waals surface area contributed by atoms with E-state index in [1.54, 1.807) is 0 Å². The van der Waals surface area contributed by atoms with Crippen LogP contribution in [0, 0.1) is 23.5 Å². The Morgan fingerprint density at radius 1 is 1.23 bits per heavy atom. The van der Waals surface area contributed by atoms with E-state index in [4.69, 9.17) is 0 Å². The zero-order chi connectivity index (χ0) is 18.9. The molecule has 2 bridgehead atoms. The summed E-state index contributed by atoms with van der Waals surface area (Å²) < 4.78 is 51.5. The lowest BCUT2D eigenvalue weighted by Crippen LogP contribution is -2.39. The predicted octanol–water partition coefficient (Wildman–Crippen LogP) is 2.82.